The number of hydrogen-bond acceptors (Lipinski definition) is 5. The van der Waals surface area contributed by atoms with Crippen LogP contribution in [0.3, 0.4) is 0 Å². The van der Waals surface area contributed by atoms with Gasteiger partial charge in [0.2, 0.25) is 0 Å². The van der Waals surface area contributed by atoms with Gasteiger partial charge in [0.25, 0.3) is 0 Å². The molecule has 0 amide bonds. The van der Waals surface area contributed by atoms with Gasteiger partial charge < -0.3 is 14.8 Å². The first kappa shape index (κ1) is 13.7. The maximum atomic E-state index is 11.0. The highest BCUT2D eigenvalue weighted by molar-refractivity contribution is 7.90. The van der Waals surface area contributed by atoms with E-state index in [9.17, 15) is 13.2 Å². The summed E-state index contributed by atoms with van der Waals surface area (Å²) in [4.78, 5) is 10.8. The minimum absolute atomic E-state index is 0.00386. The molecule has 1 unspecified atom stereocenters. The normalized spacial score (nSPS) is 13.5. The number of hydrogen-bond donors (Lipinski definition) is 2. The number of carboxylic acid groups (broad SMARTS) is 1. The Labute approximate surface area is 99.5 Å². The van der Waals surface area contributed by atoms with E-state index in [1.807, 2.05) is 0 Å². The number of carbonyl (C=O) groups is 1. The molecule has 0 saturated carbocycles. The van der Waals surface area contributed by atoms with Crippen molar-refractivity contribution in [3.8, 4) is 0 Å². The molecule has 0 saturated heterocycles. The highest BCUT2D eigenvalue weighted by Gasteiger charge is 2.15. The van der Waals surface area contributed by atoms with Crippen LogP contribution in [0.15, 0.2) is 16.7 Å². The van der Waals surface area contributed by atoms with Crippen LogP contribution in [0.1, 0.15) is 23.0 Å². The van der Waals surface area contributed by atoms with Crippen LogP contribution < -0.4 is 5.32 Å². The van der Waals surface area contributed by atoms with Crippen LogP contribution in [0, 0.1) is 0 Å². The lowest BCUT2D eigenvalue weighted by atomic mass is 10.2. The lowest BCUT2D eigenvalue weighted by Crippen LogP contribution is -2.32. The summed E-state index contributed by atoms with van der Waals surface area (Å²) in [6, 6.07) is 1.09. The Bertz CT molecular complexity index is 491. The Morgan fingerprint density at radius 2 is 2.24 bits per heavy atom. The molecule has 0 spiro atoms. The summed E-state index contributed by atoms with van der Waals surface area (Å²) in [5.74, 6) is -0.778. The van der Waals surface area contributed by atoms with Gasteiger partial charge in [0, 0.05) is 12.3 Å². The van der Waals surface area contributed by atoms with Crippen molar-refractivity contribution in [2.75, 3.05) is 12.0 Å². The Morgan fingerprint density at radius 3 is 2.76 bits per heavy atom. The van der Waals surface area contributed by atoms with E-state index >= 15 is 0 Å². The quantitative estimate of drug-likeness (QED) is 0.774. The largest absolute Gasteiger partial charge is 0.478 e. The molecular formula is C10H15NO5S. The third kappa shape index (κ3) is 4.58. The molecule has 0 aliphatic rings. The molecule has 7 heteroatoms. The van der Waals surface area contributed by atoms with Crippen LogP contribution in [-0.4, -0.2) is 37.5 Å². The zero-order valence-corrected chi connectivity index (χ0v) is 10.5. The van der Waals surface area contributed by atoms with Crippen molar-refractivity contribution in [3.63, 3.8) is 0 Å². The molecule has 0 aliphatic carbocycles. The van der Waals surface area contributed by atoms with Gasteiger partial charge in [-0.3, -0.25) is 0 Å². The van der Waals surface area contributed by atoms with Gasteiger partial charge in [-0.2, -0.15) is 0 Å². The second kappa shape index (κ2) is 5.33. The zero-order chi connectivity index (χ0) is 13.1. The van der Waals surface area contributed by atoms with Crippen molar-refractivity contribution >= 4 is 15.8 Å². The first-order valence-electron chi connectivity index (χ1n) is 5.00. The van der Waals surface area contributed by atoms with E-state index in [1.54, 1.807) is 6.92 Å². The fraction of sp³-hybridized carbons (Fsp3) is 0.500. The van der Waals surface area contributed by atoms with Crippen LogP contribution in [0.25, 0.3) is 0 Å². The molecule has 0 aliphatic heterocycles. The second-order valence-corrected chi connectivity index (χ2v) is 6.12. The van der Waals surface area contributed by atoms with E-state index in [4.69, 9.17) is 9.52 Å². The molecule has 1 aromatic heterocycles. The summed E-state index contributed by atoms with van der Waals surface area (Å²) in [5, 5.41) is 11.7. The Balaban J connectivity index is 2.56. The molecule has 6 nitrogen and oxygen atoms in total. The lowest BCUT2D eigenvalue weighted by Gasteiger charge is -2.11. The molecule has 1 atom stereocenters. The number of rotatable bonds is 6. The first-order valence-corrected chi connectivity index (χ1v) is 7.06. The van der Waals surface area contributed by atoms with Crippen LogP contribution in [-0.2, 0) is 16.4 Å². The van der Waals surface area contributed by atoms with E-state index in [-0.39, 0.29) is 29.7 Å². The smallest absolute Gasteiger partial charge is 0.339 e. The summed E-state index contributed by atoms with van der Waals surface area (Å²) >= 11 is 0. The number of sulfone groups is 1. The Hall–Kier alpha value is -1.34. The van der Waals surface area contributed by atoms with Crippen molar-refractivity contribution in [2.45, 2.75) is 19.5 Å². The van der Waals surface area contributed by atoms with Crippen LogP contribution >= 0.6 is 0 Å². The predicted octanol–water partition coefficient (Wildman–Crippen LogP) is 0.500. The van der Waals surface area contributed by atoms with Crippen LogP contribution in [0.5, 0.6) is 0 Å². The second-order valence-electron chi connectivity index (χ2n) is 3.94. The Kier molecular flexibility index (Phi) is 4.30. The molecule has 0 aromatic carbocycles. The highest BCUT2D eigenvalue weighted by Crippen LogP contribution is 2.10. The summed E-state index contributed by atoms with van der Waals surface area (Å²) in [7, 11) is -3.05. The molecular weight excluding hydrogens is 246 g/mol. The summed E-state index contributed by atoms with van der Waals surface area (Å²) in [6.45, 7) is 1.90. The Morgan fingerprint density at radius 1 is 1.59 bits per heavy atom. The average Bonchev–Trinajstić information content (AvgIpc) is 2.59. The fourth-order valence-corrected chi connectivity index (χ4v) is 2.47. The molecule has 1 aromatic rings. The fourth-order valence-electron chi connectivity index (χ4n) is 1.45. The van der Waals surface area contributed by atoms with E-state index in [2.05, 4.69) is 5.32 Å². The molecule has 0 bridgehead atoms. The van der Waals surface area contributed by atoms with Crippen LogP contribution in [0.2, 0.25) is 0 Å². The number of furan rings is 1. The van der Waals surface area contributed by atoms with Crippen molar-refractivity contribution in [3.05, 3.63) is 23.7 Å². The maximum absolute atomic E-state index is 11.0. The van der Waals surface area contributed by atoms with Gasteiger partial charge in [-0.15, -0.1) is 0 Å². The predicted molar refractivity (Wildman–Crippen MR) is 61.7 cm³/mol. The number of carboxylic acids is 1. The molecule has 2 N–H and O–H groups in total. The van der Waals surface area contributed by atoms with Gasteiger partial charge in [-0.25, -0.2) is 13.2 Å². The van der Waals surface area contributed by atoms with E-state index in [0.717, 1.165) is 6.26 Å². The minimum atomic E-state index is -3.05. The molecule has 1 rings (SSSR count). The van der Waals surface area contributed by atoms with Crippen molar-refractivity contribution in [1.82, 2.24) is 5.32 Å². The van der Waals surface area contributed by atoms with Gasteiger partial charge in [-0.05, 0) is 13.0 Å². The SMILES string of the molecule is CC(CS(C)(=O)=O)NCc1occc1C(=O)O. The number of aromatic carboxylic acids is 1. The molecule has 0 fully saturated rings. The topological polar surface area (TPSA) is 96.6 Å². The highest BCUT2D eigenvalue weighted by atomic mass is 32.2. The van der Waals surface area contributed by atoms with E-state index < -0.39 is 15.8 Å². The summed E-state index contributed by atoms with van der Waals surface area (Å²) < 4.78 is 27.1. The van der Waals surface area contributed by atoms with E-state index in [0.29, 0.717) is 0 Å². The lowest BCUT2D eigenvalue weighted by molar-refractivity contribution is 0.0694. The molecule has 1 heterocycles. The minimum Gasteiger partial charge on any atom is -0.478 e. The van der Waals surface area contributed by atoms with Gasteiger partial charge in [0.1, 0.15) is 21.2 Å². The standard InChI is InChI=1S/C10H15NO5S/c1-7(6-17(2,14)15)11-5-9-8(10(12)13)3-4-16-9/h3-4,7,11H,5-6H2,1-2H3,(H,12,13). The monoisotopic (exact) mass is 261 g/mol. The van der Waals surface area contributed by atoms with Gasteiger partial charge in [-0.1, -0.05) is 0 Å². The average molecular weight is 261 g/mol. The van der Waals surface area contributed by atoms with Gasteiger partial charge >= 0.3 is 5.97 Å². The summed E-state index contributed by atoms with van der Waals surface area (Å²) in [5.41, 5.74) is 0.0871. The maximum Gasteiger partial charge on any atom is 0.339 e. The van der Waals surface area contributed by atoms with Crippen molar-refractivity contribution in [1.29, 1.82) is 0 Å². The van der Waals surface area contributed by atoms with Gasteiger partial charge in [0.05, 0.1) is 18.6 Å². The first-order chi connectivity index (χ1) is 7.79. The van der Waals surface area contributed by atoms with Crippen molar-refractivity contribution in [2.24, 2.45) is 0 Å². The molecule has 96 valence electrons. The zero-order valence-electron chi connectivity index (χ0n) is 9.63. The van der Waals surface area contributed by atoms with Crippen LogP contribution in [0.4, 0.5) is 0 Å². The molecule has 17 heavy (non-hydrogen) atoms. The third-order valence-corrected chi connectivity index (χ3v) is 3.25. The number of nitrogens with one attached hydrogen (secondary N) is 1. The third-order valence-electron chi connectivity index (χ3n) is 2.14. The van der Waals surface area contributed by atoms with E-state index in [1.165, 1.54) is 12.3 Å². The van der Waals surface area contributed by atoms with Crippen molar-refractivity contribution < 1.29 is 22.7 Å². The molecule has 0 radical (unpaired) electrons. The van der Waals surface area contributed by atoms with Gasteiger partial charge in [0.15, 0.2) is 0 Å². The summed E-state index contributed by atoms with van der Waals surface area (Å²) in [6.07, 6.45) is 2.45.